The van der Waals surface area contributed by atoms with Gasteiger partial charge in [-0.05, 0) is 75.2 Å². The Balaban J connectivity index is 1.20. The van der Waals surface area contributed by atoms with Crippen LogP contribution < -0.4 is 0 Å². The van der Waals surface area contributed by atoms with E-state index in [2.05, 4.69) is 0 Å². The van der Waals surface area contributed by atoms with Crippen molar-refractivity contribution >= 4 is 68.8 Å². The van der Waals surface area contributed by atoms with Gasteiger partial charge in [-0.2, -0.15) is 10.0 Å². The van der Waals surface area contributed by atoms with Gasteiger partial charge in [0.25, 0.3) is 47.3 Å². The summed E-state index contributed by atoms with van der Waals surface area (Å²) in [6.07, 6.45) is 4.66. The summed E-state index contributed by atoms with van der Waals surface area (Å²) in [4.78, 5) is 114. The zero-order chi connectivity index (χ0) is 36.9. The van der Waals surface area contributed by atoms with Gasteiger partial charge in [-0.25, -0.2) is 0 Å². The lowest BCUT2D eigenvalue weighted by molar-refractivity contribution is 0.00211. The van der Waals surface area contributed by atoms with Crippen LogP contribution in [0.25, 0.3) is 21.5 Å². The Kier molecular flexibility index (Phi) is 7.49. The molecule has 0 bridgehead atoms. The van der Waals surface area contributed by atoms with Crippen molar-refractivity contribution in [2.24, 2.45) is 0 Å². The van der Waals surface area contributed by atoms with Crippen LogP contribution in [0.15, 0.2) is 48.5 Å². The molecule has 4 aliphatic rings. The molecular weight excluding hydrogens is 664 g/mol. The van der Waals surface area contributed by atoms with E-state index >= 15 is 0 Å². The summed E-state index contributed by atoms with van der Waals surface area (Å²) in [7, 11) is 0. The minimum atomic E-state index is -0.988. The number of hydrogen-bond acceptors (Lipinski definition) is 8. The summed E-state index contributed by atoms with van der Waals surface area (Å²) < 4.78 is 0. The lowest BCUT2D eigenvalue weighted by atomic mass is 9.85. The molecule has 0 spiro atoms. The highest BCUT2D eigenvalue weighted by atomic mass is 16.2. The van der Waals surface area contributed by atoms with Crippen LogP contribution in [0.3, 0.4) is 0 Å². The fourth-order valence-corrected chi connectivity index (χ4v) is 8.18. The molecule has 12 heteroatoms. The number of hydrazine groups is 1. The normalized spacial score (nSPS) is 17.7. The topological polar surface area (TPSA) is 150 Å². The summed E-state index contributed by atoms with van der Waals surface area (Å²) in [6, 6.07) is 10.5. The molecule has 52 heavy (non-hydrogen) atoms. The fraction of sp³-hybridized carbons (Fsp3) is 0.300. The van der Waals surface area contributed by atoms with Gasteiger partial charge >= 0.3 is 0 Å². The highest BCUT2D eigenvalue weighted by Gasteiger charge is 2.48. The van der Waals surface area contributed by atoms with Crippen LogP contribution in [-0.2, 0) is 0 Å². The number of amides is 8. The van der Waals surface area contributed by atoms with Gasteiger partial charge in [-0.15, -0.1) is 0 Å². The van der Waals surface area contributed by atoms with Crippen LogP contribution in [0.5, 0.6) is 0 Å². The summed E-state index contributed by atoms with van der Waals surface area (Å²) in [5.41, 5.74) is 0.453. The first-order valence-corrected chi connectivity index (χ1v) is 17.7. The van der Waals surface area contributed by atoms with Crippen molar-refractivity contribution in [1.82, 2.24) is 19.8 Å². The standard InChI is InChI=1S/C40H34N4O8/c1-5-7-9-19(3)41-33(45)21-11-15-25-31-26(16-12-22(29(21)31)34(41)46)38(50)43(37(25)49)44-39(51)27-17-13-23-30-24(14-18-28(32(27)30)40(44)52)36(48)42(35(23)47)20(4)10-8-6-2/h11-20H,5-10H2,1-4H3. The smallest absolute Gasteiger partial charge is 0.272 e. The van der Waals surface area contributed by atoms with Crippen LogP contribution >= 0.6 is 0 Å². The number of benzene rings is 4. The van der Waals surface area contributed by atoms with Crippen LogP contribution in [0.4, 0.5) is 0 Å². The number of rotatable bonds is 9. The highest BCUT2D eigenvalue weighted by Crippen LogP contribution is 2.42. The third kappa shape index (κ3) is 4.26. The number of nitrogens with zero attached hydrogens (tertiary/aromatic N) is 4. The second kappa shape index (κ2) is 11.8. The van der Waals surface area contributed by atoms with E-state index in [0.29, 0.717) is 22.9 Å². The molecule has 0 aromatic heterocycles. The first kappa shape index (κ1) is 33.1. The molecule has 4 heterocycles. The average Bonchev–Trinajstić information content (AvgIpc) is 3.13. The van der Waals surface area contributed by atoms with Crippen molar-refractivity contribution in [3.63, 3.8) is 0 Å². The molecule has 2 unspecified atom stereocenters. The van der Waals surface area contributed by atoms with E-state index in [1.165, 1.54) is 58.3 Å². The Labute approximate surface area is 297 Å². The molecular formula is C40H34N4O8. The maximum Gasteiger partial charge on any atom is 0.281 e. The van der Waals surface area contributed by atoms with Crippen LogP contribution in [0, 0.1) is 0 Å². The molecule has 12 nitrogen and oxygen atoms in total. The molecule has 2 atom stereocenters. The molecule has 0 saturated carbocycles. The third-order valence-corrected chi connectivity index (χ3v) is 10.8. The van der Waals surface area contributed by atoms with Gasteiger partial charge in [-0.1, -0.05) is 39.5 Å². The second-order valence-electron chi connectivity index (χ2n) is 13.9. The van der Waals surface area contributed by atoms with E-state index in [4.69, 9.17) is 0 Å². The van der Waals surface area contributed by atoms with Crippen molar-refractivity contribution in [2.75, 3.05) is 0 Å². The van der Waals surface area contributed by atoms with E-state index in [9.17, 15) is 38.4 Å². The molecule has 4 aromatic carbocycles. The van der Waals surface area contributed by atoms with Gasteiger partial charge in [0.15, 0.2) is 0 Å². The third-order valence-electron chi connectivity index (χ3n) is 10.8. The summed E-state index contributed by atoms with van der Waals surface area (Å²) in [5, 5.41) is 1.55. The molecule has 262 valence electrons. The maximum atomic E-state index is 14.2. The Morgan fingerprint density at radius 1 is 0.385 bits per heavy atom. The van der Waals surface area contributed by atoms with Gasteiger partial charge in [0.2, 0.25) is 0 Å². The van der Waals surface area contributed by atoms with E-state index in [1.807, 2.05) is 27.7 Å². The van der Waals surface area contributed by atoms with E-state index < -0.39 is 47.3 Å². The minimum Gasteiger partial charge on any atom is -0.272 e. The molecule has 0 radical (unpaired) electrons. The summed E-state index contributed by atoms with van der Waals surface area (Å²) in [6.45, 7) is 7.65. The van der Waals surface area contributed by atoms with Gasteiger partial charge in [0.1, 0.15) is 0 Å². The largest absolute Gasteiger partial charge is 0.281 e. The highest BCUT2D eigenvalue weighted by molar-refractivity contribution is 6.37. The van der Waals surface area contributed by atoms with Crippen LogP contribution in [0.1, 0.15) is 149 Å². The predicted octanol–water partition coefficient (Wildman–Crippen LogP) is 6.15. The van der Waals surface area contributed by atoms with Gasteiger partial charge in [-0.3, -0.25) is 48.2 Å². The van der Waals surface area contributed by atoms with Crippen molar-refractivity contribution in [3.05, 3.63) is 93.0 Å². The summed E-state index contributed by atoms with van der Waals surface area (Å²) >= 11 is 0. The molecule has 8 amide bonds. The molecule has 4 aliphatic heterocycles. The van der Waals surface area contributed by atoms with Crippen molar-refractivity contribution in [1.29, 1.82) is 0 Å². The quantitative estimate of drug-likeness (QED) is 0.189. The van der Waals surface area contributed by atoms with E-state index in [0.717, 1.165) is 25.7 Å². The molecule has 0 aliphatic carbocycles. The molecule has 0 fully saturated rings. The Bertz CT molecular complexity index is 2110. The monoisotopic (exact) mass is 698 g/mol. The number of carbonyl (C=O) groups excluding carboxylic acids is 8. The molecule has 0 saturated heterocycles. The van der Waals surface area contributed by atoms with E-state index in [-0.39, 0.29) is 78.1 Å². The minimum absolute atomic E-state index is 0.0617. The Morgan fingerprint density at radius 2 is 0.596 bits per heavy atom. The molecule has 0 N–H and O–H groups in total. The summed E-state index contributed by atoms with van der Waals surface area (Å²) in [5.74, 6) is -6.06. The lowest BCUT2D eigenvalue weighted by Gasteiger charge is -2.39. The first-order chi connectivity index (χ1) is 24.9. The Hall–Kier alpha value is -6.04. The van der Waals surface area contributed by atoms with Crippen molar-refractivity contribution in [2.45, 2.75) is 78.3 Å². The number of carbonyl (C=O) groups is 8. The maximum absolute atomic E-state index is 14.2. The first-order valence-electron chi connectivity index (χ1n) is 17.7. The number of imide groups is 4. The van der Waals surface area contributed by atoms with E-state index in [1.54, 1.807) is 0 Å². The van der Waals surface area contributed by atoms with Gasteiger partial charge in [0.05, 0.1) is 22.3 Å². The average molecular weight is 699 g/mol. The number of unbranched alkanes of at least 4 members (excludes halogenated alkanes) is 2. The van der Waals surface area contributed by atoms with Crippen molar-refractivity contribution in [3.8, 4) is 0 Å². The number of hydrogen-bond donors (Lipinski definition) is 0. The molecule has 4 aromatic rings. The van der Waals surface area contributed by atoms with Gasteiger partial charge in [0, 0.05) is 55.9 Å². The zero-order valence-corrected chi connectivity index (χ0v) is 29.1. The predicted molar refractivity (Wildman–Crippen MR) is 188 cm³/mol. The van der Waals surface area contributed by atoms with Crippen molar-refractivity contribution < 1.29 is 38.4 Å². The van der Waals surface area contributed by atoms with Crippen LogP contribution in [-0.4, -0.2) is 79.2 Å². The Morgan fingerprint density at radius 3 is 0.808 bits per heavy atom. The fourth-order valence-electron chi connectivity index (χ4n) is 8.18. The second-order valence-corrected chi connectivity index (χ2v) is 13.9. The lowest BCUT2D eigenvalue weighted by Crippen LogP contribution is -2.58. The zero-order valence-electron chi connectivity index (χ0n) is 29.1. The van der Waals surface area contributed by atoms with Gasteiger partial charge < -0.3 is 0 Å². The SMILES string of the molecule is CCCCC(C)N1C(=O)c2ccc3c4c(ccc(c24)C1=O)C(=O)N(N1C(=O)c2ccc4c5c(ccc(c25)C1=O)C(=O)N(C(C)CCCC)C4=O)C3=O. The van der Waals surface area contributed by atoms with Crippen LogP contribution in [0.2, 0.25) is 0 Å². The molecule has 8 rings (SSSR count).